The summed E-state index contributed by atoms with van der Waals surface area (Å²) in [6, 6.07) is 12.9. The lowest BCUT2D eigenvalue weighted by molar-refractivity contribution is 0.122. The largest absolute Gasteiger partial charge is 0.378 e. The van der Waals surface area contributed by atoms with E-state index < -0.39 is 0 Å². The molecule has 3 aromatic rings. The SMILES string of the molecule is Cc1nn(-c2ccccn2)c2c1-c1cc(N3CCOCC3)ccc1CC2. The number of pyridine rings is 1. The van der Waals surface area contributed by atoms with Crippen molar-refractivity contribution in [1.29, 1.82) is 0 Å². The first-order valence-corrected chi connectivity index (χ1v) is 9.27. The van der Waals surface area contributed by atoms with Crippen molar-refractivity contribution in [3.63, 3.8) is 0 Å². The van der Waals surface area contributed by atoms with E-state index >= 15 is 0 Å². The van der Waals surface area contributed by atoms with Crippen LogP contribution < -0.4 is 4.90 Å². The van der Waals surface area contributed by atoms with Gasteiger partial charge in [-0.15, -0.1) is 0 Å². The van der Waals surface area contributed by atoms with Crippen molar-refractivity contribution >= 4 is 5.69 Å². The first-order valence-electron chi connectivity index (χ1n) is 9.27. The zero-order valence-electron chi connectivity index (χ0n) is 15.0. The molecule has 1 fully saturated rings. The standard InChI is InChI=1S/C21H22N4O/c1-15-21-18-14-17(24-10-12-26-13-11-24)7-5-16(18)6-8-19(21)25(23-15)20-4-2-3-9-22-20/h2-5,7,9,14H,6,8,10-13H2,1H3. The highest BCUT2D eigenvalue weighted by Crippen LogP contribution is 2.38. The molecular formula is C21H22N4O. The summed E-state index contributed by atoms with van der Waals surface area (Å²) in [7, 11) is 0. The van der Waals surface area contributed by atoms with Crippen LogP contribution in [0.15, 0.2) is 42.6 Å². The Balaban J connectivity index is 1.61. The summed E-state index contributed by atoms with van der Waals surface area (Å²) in [5.74, 6) is 0.893. The van der Waals surface area contributed by atoms with Crippen LogP contribution in [0.5, 0.6) is 0 Å². The number of morpholine rings is 1. The van der Waals surface area contributed by atoms with E-state index in [4.69, 9.17) is 9.84 Å². The van der Waals surface area contributed by atoms with Gasteiger partial charge in [0.15, 0.2) is 5.82 Å². The number of anilines is 1. The maximum atomic E-state index is 5.50. The van der Waals surface area contributed by atoms with Gasteiger partial charge in [0.25, 0.3) is 0 Å². The molecule has 1 aliphatic heterocycles. The van der Waals surface area contributed by atoms with Gasteiger partial charge in [-0.05, 0) is 55.2 Å². The van der Waals surface area contributed by atoms with Crippen molar-refractivity contribution in [1.82, 2.24) is 14.8 Å². The highest BCUT2D eigenvalue weighted by atomic mass is 16.5. The molecule has 1 aromatic carbocycles. The summed E-state index contributed by atoms with van der Waals surface area (Å²) in [6.07, 6.45) is 3.87. The summed E-state index contributed by atoms with van der Waals surface area (Å²) in [6.45, 7) is 5.63. The molecule has 132 valence electrons. The van der Waals surface area contributed by atoms with E-state index in [-0.39, 0.29) is 0 Å². The Bertz CT molecular complexity index is 942. The highest BCUT2D eigenvalue weighted by Gasteiger charge is 2.25. The van der Waals surface area contributed by atoms with E-state index in [1.165, 1.54) is 28.1 Å². The molecule has 5 rings (SSSR count). The summed E-state index contributed by atoms with van der Waals surface area (Å²) in [5, 5.41) is 4.82. The third kappa shape index (κ3) is 2.51. The number of rotatable bonds is 2. The van der Waals surface area contributed by atoms with Gasteiger partial charge in [-0.1, -0.05) is 12.1 Å². The van der Waals surface area contributed by atoms with Gasteiger partial charge in [-0.3, -0.25) is 0 Å². The van der Waals surface area contributed by atoms with Crippen molar-refractivity contribution in [3.05, 3.63) is 59.5 Å². The van der Waals surface area contributed by atoms with Gasteiger partial charge in [-0.2, -0.15) is 5.10 Å². The number of aromatic nitrogens is 3. The molecule has 0 atom stereocenters. The highest BCUT2D eigenvalue weighted by molar-refractivity contribution is 5.78. The minimum absolute atomic E-state index is 0.805. The van der Waals surface area contributed by atoms with Crippen molar-refractivity contribution in [2.24, 2.45) is 0 Å². The van der Waals surface area contributed by atoms with Gasteiger partial charge < -0.3 is 9.64 Å². The van der Waals surface area contributed by atoms with E-state index in [1.807, 2.05) is 29.1 Å². The minimum atomic E-state index is 0.805. The number of hydrogen-bond acceptors (Lipinski definition) is 4. The number of ether oxygens (including phenoxy) is 1. The number of fused-ring (bicyclic) bond motifs is 3. The lowest BCUT2D eigenvalue weighted by atomic mass is 9.88. The predicted molar refractivity (Wildman–Crippen MR) is 102 cm³/mol. The average Bonchev–Trinajstić information content (AvgIpc) is 3.06. The van der Waals surface area contributed by atoms with Crippen LogP contribution in [-0.2, 0) is 17.6 Å². The molecule has 0 saturated carbocycles. The summed E-state index contributed by atoms with van der Waals surface area (Å²) >= 11 is 0. The van der Waals surface area contributed by atoms with Crippen molar-refractivity contribution in [2.45, 2.75) is 19.8 Å². The fraction of sp³-hybridized carbons (Fsp3) is 0.333. The maximum Gasteiger partial charge on any atom is 0.153 e. The second-order valence-electron chi connectivity index (χ2n) is 6.95. The Labute approximate surface area is 153 Å². The first kappa shape index (κ1) is 15.6. The van der Waals surface area contributed by atoms with Gasteiger partial charge >= 0.3 is 0 Å². The Morgan fingerprint density at radius 1 is 1.04 bits per heavy atom. The molecule has 26 heavy (non-hydrogen) atoms. The second kappa shape index (κ2) is 6.25. The number of benzene rings is 1. The fourth-order valence-corrected chi connectivity index (χ4v) is 4.11. The smallest absolute Gasteiger partial charge is 0.153 e. The Hall–Kier alpha value is -2.66. The molecule has 5 heteroatoms. The van der Waals surface area contributed by atoms with Crippen molar-refractivity contribution in [3.8, 4) is 16.9 Å². The zero-order valence-corrected chi connectivity index (χ0v) is 15.0. The molecule has 1 saturated heterocycles. The molecule has 0 unspecified atom stereocenters. The quantitative estimate of drug-likeness (QED) is 0.715. The molecule has 0 bridgehead atoms. The van der Waals surface area contributed by atoms with Gasteiger partial charge in [0.1, 0.15) is 0 Å². The van der Waals surface area contributed by atoms with Crippen LogP contribution in [-0.4, -0.2) is 41.1 Å². The van der Waals surface area contributed by atoms with Crippen molar-refractivity contribution in [2.75, 3.05) is 31.2 Å². The van der Waals surface area contributed by atoms with E-state index in [2.05, 4.69) is 35.0 Å². The van der Waals surface area contributed by atoms with Crippen LogP contribution in [0.25, 0.3) is 16.9 Å². The molecule has 0 spiro atoms. The van der Waals surface area contributed by atoms with Gasteiger partial charge in [-0.25, -0.2) is 9.67 Å². The molecule has 0 radical (unpaired) electrons. The third-order valence-corrected chi connectivity index (χ3v) is 5.39. The lowest BCUT2D eigenvalue weighted by Crippen LogP contribution is -2.36. The minimum Gasteiger partial charge on any atom is -0.378 e. The van der Waals surface area contributed by atoms with Crippen LogP contribution in [0.1, 0.15) is 17.0 Å². The summed E-state index contributed by atoms with van der Waals surface area (Å²) in [4.78, 5) is 6.91. The molecule has 1 aliphatic carbocycles. The topological polar surface area (TPSA) is 43.2 Å². The molecule has 3 heterocycles. The molecular weight excluding hydrogens is 324 g/mol. The number of nitrogens with zero attached hydrogens (tertiary/aromatic N) is 4. The molecule has 2 aromatic heterocycles. The van der Waals surface area contributed by atoms with E-state index in [9.17, 15) is 0 Å². The molecule has 5 nitrogen and oxygen atoms in total. The maximum absolute atomic E-state index is 5.50. The number of aryl methyl sites for hydroxylation is 2. The van der Waals surface area contributed by atoms with E-state index in [0.29, 0.717) is 0 Å². The Kier molecular flexibility index (Phi) is 3.75. The van der Waals surface area contributed by atoms with Crippen molar-refractivity contribution < 1.29 is 4.74 Å². The lowest BCUT2D eigenvalue weighted by Gasteiger charge is -2.30. The van der Waals surface area contributed by atoms with Crippen LogP contribution >= 0.6 is 0 Å². The fourth-order valence-electron chi connectivity index (χ4n) is 4.11. The first-order chi connectivity index (χ1) is 12.8. The van der Waals surface area contributed by atoms with Gasteiger partial charge in [0.2, 0.25) is 0 Å². The predicted octanol–water partition coefficient (Wildman–Crippen LogP) is 3.18. The van der Waals surface area contributed by atoms with E-state index in [0.717, 1.165) is 50.7 Å². The summed E-state index contributed by atoms with van der Waals surface area (Å²) in [5.41, 5.74) is 7.66. The van der Waals surface area contributed by atoms with Crippen LogP contribution in [0, 0.1) is 6.92 Å². The van der Waals surface area contributed by atoms with Crippen LogP contribution in [0.4, 0.5) is 5.69 Å². The average molecular weight is 346 g/mol. The van der Waals surface area contributed by atoms with Gasteiger partial charge in [0, 0.05) is 30.5 Å². The molecule has 2 aliphatic rings. The van der Waals surface area contributed by atoms with E-state index in [1.54, 1.807) is 0 Å². The Morgan fingerprint density at radius 3 is 2.73 bits per heavy atom. The van der Waals surface area contributed by atoms with Crippen LogP contribution in [0.3, 0.4) is 0 Å². The molecule has 0 amide bonds. The van der Waals surface area contributed by atoms with Crippen LogP contribution in [0.2, 0.25) is 0 Å². The van der Waals surface area contributed by atoms with Gasteiger partial charge in [0.05, 0.1) is 24.6 Å². The third-order valence-electron chi connectivity index (χ3n) is 5.39. The monoisotopic (exact) mass is 346 g/mol. The Morgan fingerprint density at radius 2 is 1.92 bits per heavy atom. The zero-order chi connectivity index (χ0) is 17.5. The number of hydrogen-bond donors (Lipinski definition) is 0. The molecule has 0 N–H and O–H groups in total. The second-order valence-corrected chi connectivity index (χ2v) is 6.95. The normalized spacial score (nSPS) is 16.3. The summed E-state index contributed by atoms with van der Waals surface area (Å²) < 4.78 is 7.52.